The quantitative estimate of drug-likeness (QED) is 0.710. The monoisotopic (exact) mass is 373 g/mol. The first kappa shape index (κ1) is 14.5. The second-order valence-electron chi connectivity index (χ2n) is 5.44. The molecule has 3 heteroatoms. The van der Waals surface area contributed by atoms with Crippen molar-refractivity contribution in [1.82, 2.24) is 5.32 Å². The Morgan fingerprint density at radius 3 is 2.72 bits per heavy atom. The summed E-state index contributed by atoms with van der Waals surface area (Å²) in [6.07, 6.45) is 6.83. The molecule has 1 aliphatic carbocycles. The van der Waals surface area contributed by atoms with E-state index < -0.39 is 0 Å². The molecule has 0 aliphatic heterocycles. The lowest BCUT2D eigenvalue weighted by Gasteiger charge is -2.16. The number of hydrogen-bond acceptors (Lipinski definition) is 1. The van der Waals surface area contributed by atoms with Crippen LogP contribution >= 0.6 is 31.9 Å². The molecule has 2 rings (SSSR count). The molecule has 0 heterocycles. The molecule has 1 saturated carbocycles. The van der Waals surface area contributed by atoms with E-state index in [2.05, 4.69) is 62.3 Å². The minimum Gasteiger partial charge on any atom is -0.310 e. The van der Waals surface area contributed by atoms with E-state index in [0.29, 0.717) is 6.04 Å². The maximum Gasteiger partial charge on any atom is 0.0320 e. The Bertz CT molecular complexity index is 392. The predicted molar refractivity (Wildman–Crippen MR) is 84.7 cm³/mol. The largest absolute Gasteiger partial charge is 0.310 e. The van der Waals surface area contributed by atoms with Gasteiger partial charge in [0, 0.05) is 21.5 Å². The summed E-state index contributed by atoms with van der Waals surface area (Å²) in [5.74, 6) is 0.915. The van der Waals surface area contributed by atoms with Crippen molar-refractivity contribution in [1.29, 1.82) is 0 Å². The van der Waals surface area contributed by atoms with Gasteiger partial charge in [-0.05, 0) is 74.7 Å². The molecule has 0 saturated heterocycles. The van der Waals surface area contributed by atoms with Gasteiger partial charge in [-0.2, -0.15) is 0 Å². The second kappa shape index (κ2) is 7.06. The molecular weight excluding hydrogens is 354 g/mol. The first-order valence-electron chi connectivity index (χ1n) is 6.82. The SMILES string of the molecule is CC1CCCC(NCc2ccc(Br)c(Br)c2)CC1. The van der Waals surface area contributed by atoms with E-state index in [4.69, 9.17) is 0 Å². The van der Waals surface area contributed by atoms with Gasteiger partial charge in [-0.25, -0.2) is 0 Å². The summed E-state index contributed by atoms with van der Waals surface area (Å²) < 4.78 is 2.26. The van der Waals surface area contributed by atoms with Crippen LogP contribution in [-0.4, -0.2) is 6.04 Å². The summed E-state index contributed by atoms with van der Waals surface area (Å²) in [7, 11) is 0. The van der Waals surface area contributed by atoms with Crippen LogP contribution in [0.25, 0.3) is 0 Å². The molecule has 18 heavy (non-hydrogen) atoms. The Hall–Kier alpha value is 0.140. The second-order valence-corrected chi connectivity index (χ2v) is 7.15. The third-order valence-electron chi connectivity index (χ3n) is 3.84. The Labute approximate surface area is 127 Å². The van der Waals surface area contributed by atoms with Crippen LogP contribution < -0.4 is 5.32 Å². The Morgan fingerprint density at radius 1 is 1.11 bits per heavy atom. The molecule has 0 spiro atoms. The molecule has 0 radical (unpaired) electrons. The van der Waals surface area contributed by atoms with Gasteiger partial charge in [0.2, 0.25) is 0 Å². The summed E-state index contributed by atoms with van der Waals surface area (Å²) in [4.78, 5) is 0. The zero-order chi connectivity index (χ0) is 13.0. The molecule has 0 amide bonds. The highest BCUT2D eigenvalue weighted by Crippen LogP contribution is 2.25. The van der Waals surface area contributed by atoms with Gasteiger partial charge in [-0.1, -0.05) is 25.8 Å². The van der Waals surface area contributed by atoms with Gasteiger partial charge in [0.25, 0.3) is 0 Å². The van der Waals surface area contributed by atoms with E-state index in [-0.39, 0.29) is 0 Å². The molecule has 100 valence electrons. The Balaban J connectivity index is 1.85. The third kappa shape index (κ3) is 4.36. The summed E-state index contributed by atoms with van der Waals surface area (Å²) >= 11 is 7.06. The van der Waals surface area contributed by atoms with E-state index in [1.54, 1.807) is 0 Å². The van der Waals surface area contributed by atoms with Gasteiger partial charge >= 0.3 is 0 Å². The minimum absolute atomic E-state index is 0.706. The van der Waals surface area contributed by atoms with Crippen LogP contribution in [-0.2, 0) is 6.54 Å². The first-order chi connectivity index (χ1) is 8.65. The normalized spacial score (nSPS) is 24.8. The molecule has 2 unspecified atom stereocenters. The van der Waals surface area contributed by atoms with Crippen molar-refractivity contribution in [3.05, 3.63) is 32.7 Å². The van der Waals surface area contributed by atoms with E-state index in [1.165, 1.54) is 37.7 Å². The molecule has 0 aromatic heterocycles. The number of halogens is 2. The average molecular weight is 375 g/mol. The van der Waals surface area contributed by atoms with Gasteiger partial charge in [-0.15, -0.1) is 0 Å². The summed E-state index contributed by atoms with van der Waals surface area (Å²) in [5.41, 5.74) is 1.35. The van der Waals surface area contributed by atoms with Crippen molar-refractivity contribution < 1.29 is 0 Å². The maximum atomic E-state index is 3.71. The van der Waals surface area contributed by atoms with Crippen LogP contribution in [0.15, 0.2) is 27.1 Å². The van der Waals surface area contributed by atoms with Crippen molar-refractivity contribution >= 4 is 31.9 Å². The highest BCUT2D eigenvalue weighted by atomic mass is 79.9. The lowest BCUT2D eigenvalue weighted by molar-refractivity contribution is 0.447. The fourth-order valence-electron chi connectivity index (χ4n) is 2.60. The molecule has 1 nitrogen and oxygen atoms in total. The zero-order valence-corrected chi connectivity index (χ0v) is 14.1. The van der Waals surface area contributed by atoms with Crippen molar-refractivity contribution in [3.8, 4) is 0 Å². The van der Waals surface area contributed by atoms with Crippen molar-refractivity contribution in [2.24, 2.45) is 5.92 Å². The molecule has 1 N–H and O–H groups in total. The van der Waals surface area contributed by atoms with Crippen LogP contribution in [0.3, 0.4) is 0 Å². The molecule has 1 aromatic rings. The highest BCUT2D eigenvalue weighted by Gasteiger charge is 2.15. The van der Waals surface area contributed by atoms with E-state index in [9.17, 15) is 0 Å². The standard InChI is InChI=1S/C15H21Br2N/c1-11-3-2-4-13(7-5-11)18-10-12-6-8-14(16)15(17)9-12/h6,8-9,11,13,18H,2-5,7,10H2,1H3. The van der Waals surface area contributed by atoms with Crippen molar-refractivity contribution in [2.75, 3.05) is 0 Å². The molecule has 0 bridgehead atoms. The molecule has 2 atom stereocenters. The van der Waals surface area contributed by atoms with Crippen LogP contribution in [0, 0.1) is 5.92 Å². The third-order valence-corrected chi connectivity index (χ3v) is 5.72. The average Bonchev–Trinajstić information content (AvgIpc) is 2.56. The van der Waals surface area contributed by atoms with Crippen LogP contribution in [0.5, 0.6) is 0 Å². The first-order valence-corrected chi connectivity index (χ1v) is 8.41. The Morgan fingerprint density at radius 2 is 1.94 bits per heavy atom. The molecular formula is C15H21Br2N. The van der Waals surface area contributed by atoms with E-state index >= 15 is 0 Å². The van der Waals surface area contributed by atoms with Gasteiger partial charge in [0.15, 0.2) is 0 Å². The minimum atomic E-state index is 0.706. The lowest BCUT2D eigenvalue weighted by Crippen LogP contribution is -2.27. The number of benzene rings is 1. The van der Waals surface area contributed by atoms with E-state index in [0.717, 1.165) is 21.4 Å². The number of rotatable bonds is 3. The highest BCUT2D eigenvalue weighted by molar-refractivity contribution is 9.13. The topological polar surface area (TPSA) is 12.0 Å². The Kier molecular flexibility index (Phi) is 5.71. The fraction of sp³-hybridized carbons (Fsp3) is 0.600. The summed E-state index contributed by atoms with van der Waals surface area (Å²) in [6.45, 7) is 3.36. The van der Waals surface area contributed by atoms with Crippen molar-refractivity contribution in [2.45, 2.75) is 51.6 Å². The number of hydrogen-bond donors (Lipinski definition) is 1. The number of nitrogens with one attached hydrogen (secondary N) is 1. The van der Waals surface area contributed by atoms with Gasteiger partial charge in [0.05, 0.1) is 0 Å². The molecule has 1 aliphatic rings. The van der Waals surface area contributed by atoms with Crippen molar-refractivity contribution in [3.63, 3.8) is 0 Å². The van der Waals surface area contributed by atoms with Crippen LogP contribution in [0.2, 0.25) is 0 Å². The molecule has 1 fully saturated rings. The smallest absolute Gasteiger partial charge is 0.0320 e. The van der Waals surface area contributed by atoms with Crippen LogP contribution in [0.1, 0.15) is 44.6 Å². The maximum absolute atomic E-state index is 3.71. The zero-order valence-electron chi connectivity index (χ0n) is 10.9. The summed E-state index contributed by atoms with van der Waals surface area (Å²) in [6, 6.07) is 7.19. The van der Waals surface area contributed by atoms with Gasteiger partial charge < -0.3 is 5.32 Å². The lowest BCUT2D eigenvalue weighted by atomic mass is 10.0. The van der Waals surface area contributed by atoms with Gasteiger partial charge in [-0.3, -0.25) is 0 Å². The van der Waals surface area contributed by atoms with Gasteiger partial charge in [0.1, 0.15) is 0 Å². The molecule has 1 aromatic carbocycles. The fourth-order valence-corrected chi connectivity index (χ4v) is 3.28. The predicted octanol–water partition coefficient (Wildman–Crippen LogP) is 5.27. The van der Waals surface area contributed by atoms with E-state index in [1.807, 2.05) is 0 Å². The van der Waals surface area contributed by atoms with Crippen LogP contribution in [0.4, 0.5) is 0 Å². The summed E-state index contributed by atoms with van der Waals surface area (Å²) in [5, 5.41) is 3.71.